The quantitative estimate of drug-likeness (QED) is 0.657. The van der Waals surface area contributed by atoms with Crippen molar-refractivity contribution >= 4 is 11.8 Å². The Labute approximate surface area is 138 Å². The van der Waals surface area contributed by atoms with Crippen molar-refractivity contribution in [2.45, 2.75) is 20.0 Å². The van der Waals surface area contributed by atoms with Crippen LogP contribution in [0.4, 0.5) is 5.82 Å². The van der Waals surface area contributed by atoms with E-state index >= 15 is 0 Å². The second-order valence-electron chi connectivity index (χ2n) is 5.65. The number of aliphatic imine (C=N–C) groups is 1. The standard InChI is InChI=1S/C18H25N5/c1-14-8-10-15(11-9-14)12-20-18(19-2)21-13-16-6-5-7-17(22-16)23(3)4/h5-11H,12-13H2,1-4H3,(H2,19,20,21). The minimum Gasteiger partial charge on any atom is -0.363 e. The Balaban J connectivity index is 1.87. The third kappa shape index (κ3) is 5.29. The normalized spacial score (nSPS) is 11.2. The van der Waals surface area contributed by atoms with Gasteiger partial charge in [0.1, 0.15) is 5.82 Å². The van der Waals surface area contributed by atoms with Crippen LogP contribution < -0.4 is 15.5 Å². The molecule has 0 fully saturated rings. The summed E-state index contributed by atoms with van der Waals surface area (Å²) in [6.45, 7) is 3.47. The van der Waals surface area contributed by atoms with Gasteiger partial charge in [-0.25, -0.2) is 4.98 Å². The van der Waals surface area contributed by atoms with Crippen LogP contribution >= 0.6 is 0 Å². The van der Waals surface area contributed by atoms with Crippen LogP contribution in [0.3, 0.4) is 0 Å². The van der Waals surface area contributed by atoms with Crippen LogP contribution in [0.5, 0.6) is 0 Å². The minimum absolute atomic E-state index is 0.634. The molecular weight excluding hydrogens is 286 g/mol. The van der Waals surface area contributed by atoms with Gasteiger partial charge in [-0.3, -0.25) is 4.99 Å². The maximum absolute atomic E-state index is 4.59. The number of pyridine rings is 1. The molecule has 122 valence electrons. The van der Waals surface area contributed by atoms with Crippen molar-refractivity contribution < 1.29 is 0 Å². The van der Waals surface area contributed by atoms with Gasteiger partial charge in [0.25, 0.3) is 0 Å². The Hall–Kier alpha value is -2.56. The molecule has 1 heterocycles. The number of rotatable bonds is 5. The summed E-state index contributed by atoms with van der Waals surface area (Å²) in [5.74, 6) is 1.72. The third-order valence-corrected chi connectivity index (χ3v) is 3.49. The van der Waals surface area contributed by atoms with Gasteiger partial charge in [0, 0.05) is 27.7 Å². The first-order valence-electron chi connectivity index (χ1n) is 7.72. The summed E-state index contributed by atoms with van der Waals surface area (Å²) in [5.41, 5.74) is 3.48. The van der Waals surface area contributed by atoms with E-state index < -0.39 is 0 Å². The van der Waals surface area contributed by atoms with Crippen molar-refractivity contribution in [3.05, 3.63) is 59.3 Å². The Morgan fingerprint density at radius 2 is 1.74 bits per heavy atom. The molecule has 0 bridgehead atoms. The fraction of sp³-hybridized carbons (Fsp3) is 0.333. The molecule has 2 aromatic rings. The van der Waals surface area contributed by atoms with Crippen LogP contribution in [-0.4, -0.2) is 32.1 Å². The molecule has 2 rings (SSSR count). The summed E-state index contributed by atoms with van der Waals surface area (Å²) in [5, 5.41) is 6.60. The zero-order valence-electron chi connectivity index (χ0n) is 14.3. The fourth-order valence-electron chi connectivity index (χ4n) is 2.10. The van der Waals surface area contributed by atoms with Crippen LogP contribution in [0.2, 0.25) is 0 Å². The Kier molecular flexibility index (Phi) is 5.97. The lowest BCUT2D eigenvalue weighted by Gasteiger charge is -2.14. The van der Waals surface area contributed by atoms with Crippen molar-refractivity contribution in [2.24, 2.45) is 4.99 Å². The highest BCUT2D eigenvalue weighted by molar-refractivity contribution is 5.79. The zero-order valence-corrected chi connectivity index (χ0v) is 14.3. The number of hydrogen-bond acceptors (Lipinski definition) is 3. The molecule has 0 unspecified atom stereocenters. The maximum atomic E-state index is 4.59. The predicted molar refractivity (Wildman–Crippen MR) is 96.8 cm³/mol. The molecule has 0 aliphatic rings. The minimum atomic E-state index is 0.634. The van der Waals surface area contributed by atoms with E-state index in [4.69, 9.17) is 0 Å². The average molecular weight is 311 g/mol. The van der Waals surface area contributed by atoms with Crippen molar-refractivity contribution in [3.63, 3.8) is 0 Å². The zero-order chi connectivity index (χ0) is 16.7. The van der Waals surface area contributed by atoms with E-state index in [1.807, 2.05) is 37.2 Å². The first kappa shape index (κ1) is 16.8. The van der Waals surface area contributed by atoms with Gasteiger partial charge in [-0.2, -0.15) is 0 Å². The van der Waals surface area contributed by atoms with Gasteiger partial charge < -0.3 is 15.5 Å². The maximum Gasteiger partial charge on any atom is 0.191 e. The molecule has 0 amide bonds. The van der Waals surface area contributed by atoms with Crippen LogP contribution in [0.1, 0.15) is 16.8 Å². The highest BCUT2D eigenvalue weighted by atomic mass is 15.2. The molecule has 0 spiro atoms. The smallest absolute Gasteiger partial charge is 0.191 e. The molecule has 1 aromatic carbocycles. The topological polar surface area (TPSA) is 52.6 Å². The average Bonchev–Trinajstić information content (AvgIpc) is 2.57. The summed E-state index contributed by atoms with van der Waals surface area (Å²) < 4.78 is 0. The predicted octanol–water partition coefficient (Wildman–Crippen LogP) is 2.32. The van der Waals surface area contributed by atoms with Crippen LogP contribution in [-0.2, 0) is 13.1 Å². The molecule has 0 aliphatic heterocycles. The van der Waals surface area contributed by atoms with E-state index in [-0.39, 0.29) is 0 Å². The number of nitrogens with one attached hydrogen (secondary N) is 2. The van der Waals surface area contributed by atoms with Crippen molar-refractivity contribution in [1.82, 2.24) is 15.6 Å². The second kappa shape index (κ2) is 8.17. The number of hydrogen-bond donors (Lipinski definition) is 2. The van der Waals surface area contributed by atoms with Gasteiger partial charge in [0.15, 0.2) is 5.96 Å². The lowest BCUT2D eigenvalue weighted by Crippen LogP contribution is -2.36. The van der Waals surface area contributed by atoms with Crippen LogP contribution in [0.25, 0.3) is 0 Å². The van der Waals surface area contributed by atoms with Crippen molar-refractivity contribution in [2.75, 3.05) is 26.0 Å². The fourth-order valence-corrected chi connectivity index (χ4v) is 2.10. The molecule has 2 N–H and O–H groups in total. The molecule has 0 aliphatic carbocycles. The van der Waals surface area contributed by atoms with Crippen molar-refractivity contribution in [1.29, 1.82) is 0 Å². The van der Waals surface area contributed by atoms with Gasteiger partial charge in [0.2, 0.25) is 0 Å². The number of aryl methyl sites for hydroxylation is 1. The molecular formula is C18H25N5. The van der Waals surface area contributed by atoms with Crippen LogP contribution in [0, 0.1) is 6.92 Å². The highest BCUT2D eigenvalue weighted by Crippen LogP contribution is 2.07. The summed E-state index contributed by atoms with van der Waals surface area (Å²) >= 11 is 0. The molecule has 0 saturated heterocycles. The number of anilines is 1. The summed E-state index contributed by atoms with van der Waals surface area (Å²) in [7, 11) is 5.75. The van der Waals surface area contributed by atoms with E-state index in [0.29, 0.717) is 6.54 Å². The van der Waals surface area contributed by atoms with E-state index in [1.165, 1.54) is 11.1 Å². The number of benzene rings is 1. The summed E-state index contributed by atoms with van der Waals surface area (Å²) in [6.07, 6.45) is 0. The van der Waals surface area contributed by atoms with Gasteiger partial charge in [0.05, 0.1) is 12.2 Å². The first-order chi connectivity index (χ1) is 11.1. The molecule has 23 heavy (non-hydrogen) atoms. The van der Waals surface area contributed by atoms with E-state index in [1.54, 1.807) is 7.05 Å². The SMILES string of the molecule is CN=C(NCc1ccc(C)cc1)NCc1cccc(N(C)C)n1. The second-order valence-corrected chi connectivity index (χ2v) is 5.65. The number of aromatic nitrogens is 1. The number of nitrogens with zero attached hydrogens (tertiary/aromatic N) is 3. The molecule has 5 nitrogen and oxygen atoms in total. The monoisotopic (exact) mass is 311 g/mol. The van der Waals surface area contributed by atoms with Crippen molar-refractivity contribution in [3.8, 4) is 0 Å². The van der Waals surface area contributed by atoms with E-state index in [0.717, 1.165) is 24.0 Å². The molecule has 0 atom stereocenters. The van der Waals surface area contributed by atoms with E-state index in [9.17, 15) is 0 Å². The lowest BCUT2D eigenvalue weighted by atomic mass is 10.1. The van der Waals surface area contributed by atoms with Gasteiger partial charge >= 0.3 is 0 Å². The largest absolute Gasteiger partial charge is 0.363 e. The summed E-state index contributed by atoms with van der Waals surface area (Å²) in [6, 6.07) is 14.5. The highest BCUT2D eigenvalue weighted by Gasteiger charge is 2.02. The van der Waals surface area contributed by atoms with Gasteiger partial charge in [-0.05, 0) is 24.6 Å². The molecule has 1 aromatic heterocycles. The van der Waals surface area contributed by atoms with Crippen LogP contribution in [0.15, 0.2) is 47.5 Å². The Morgan fingerprint density at radius 3 is 2.39 bits per heavy atom. The van der Waals surface area contributed by atoms with Gasteiger partial charge in [-0.1, -0.05) is 35.9 Å². The van der Waals surface area contributed by atoms with Gasteiger partial charge in [-0.15, -0.1) is 0 Å². The first-order valence-corrected chi connectivity index (χ1v) is 7.72. The molecule has 0 radical (unpaired) electrons. The third-order valence-electron chi connectivity index (χ3n) is 3.49. The van der Waals surface area contributed by atoms with E-state index in [2.05, 4.69) is 51.8 Å². The molecule has 5 heteroatoms. The molecule has 0 saturated carbocycles. The number of guanidine groups is 1. The lowest BCUT2D eigenvalue weighted by molar-refractivity contribution is 0.793. The Morgan fingerprint density at radius 1 is 1.04 bits per heavy atom. The Bertz CT molecular complexity index is 647. The summed E-state index contributed by atoms with van der Waals surface area (Å²) in [4.78, 5) is 10.8.